The van der Waals surface area contributed by atoms with E-state index in [1.54, 1.807) is 0 Å². The molecule has 0 spiro atoms. The van der Waals surface area contributed by atoms with Crippen molar-refractivity contribution in [2.24, 2.45) is 5.92 Å². The molecule has 0 amide bonds. The summed E-state index contributed by atoms with van der Waals surface area (Å²) in [4.78, 5) is 14.5. The maximum Gasteiger partial charge on any atom is 0.323 e. The van der Waals surface area contributed by atoms with E-state index in [-0.39, 0.29) is 12.0 Å². The second kappa shape index (κ2) is 9.35. The number of nitrogens with one attached hydrogen (secondary N) is 1. The predicted octanol–water partition coefficient (Wildman–Crippen LogP) is 2.43. The number of carbonyl (C=O) groups is 1. The highest BCUT2D eigenvalue weighted by Crippen LogP contribution is 2.23. The van der Waals surface area contributed by atoms with Crippen molar-refractivity contribution in [2.45, 2.75) is 65.5 Å². The molecule has 0 bridgehead atoms. The van der Waals surface area contributed by atoms with Crippen molar-refractivity contribution < 1.29 is 9.53 Å². The SMILES string of the molecule is CCCNC(CCN1CCCC1C(C)C)C(=O)OCC. The van der Waals surface area contributed by atoms with Crippen molar-refractivity contribution in [2.75, 3.05) is 26.2 Å². The van der Waals surface area contributed by atoms with Crippen LogP contribution in [0.5, 0.6) is 0 Å². The summed E-state index contributed by atoms with van der Waals surface area (Å²) >= 11 is 0. The van der Waals surface area contributed by atoms with Crippen LogP contribution in [0.4, 0.5) is 0 Å². The molecule has 2 unspecified atom stereocenters. The summed E-state index contributed by atoms with van der Waals surface area (Å²) < 4.78 is 5.17. The maximum atomic E-state index is 12.0. The first-order chi connectivity index (χ1) is 9.60. The normalized spacial score (nSPS) is 21.4. The molecular formula is C16H32N2O2. The molecule has 4 heteroatoms. The lowest BCUT2D eigenvalue weighted by molar-refractivity contribution is -0.146. The molecule has 0 aromatic heterocycles. The minimum absolute atomic E-state index is 0.0961. The summed E-state index contributed by atoms with van der Waals surface area (Å²) in [5, 5.41) is 3.32. The first kappa shape index (κ1) is 17.4. The van der Waals surface area contributed by atoms with Crippen LogP contribution in [-0.2, 0) is 9.53 Å². The Morgan fingerprint density at radius 2 is 2.15 bits per heavy atom. The predicted molar refractivity (Wildman–Crippen MR) is 82.8 cm³/mol. The quantitative estimate of drug-likeness (QED) is 0.660. The highest BCUT2D eigenvalue weighted by Gasteiger charge is 2.28. The third-order valence-corrected chi connectivity index (χ3v) is 4.10. The molecular weight excluding hydrogens is 252 g/mol. The molecule has 1 heterocycles. The number of carbonyl (C=O) groups excluding carboxylic acids is 1. The first-order valence-corrected chi connectivity index (χ1v) is 8.24. The van der Waals surface area contributed by atoms with E-state index < -0.39 is 0 Å². The molecule has 20 heavy (non-hydrogen) atoms. The van der Waals surface area contributed by atoms with Crippen LogP contribution in [0.3, 0.4) is 0 Å². The fraction of sp³-hybridized carbons (Fsp3) is 0.938. The van der Waals surface area contributed by atoms with Gasteiger partial charge in [-0.1, -0.05) is 20.8 Å². The average Bonchev–Trinajstić information content (AvgIpc) is 2.87. The number of hydrogen-bond donors (Lipinski definition) is 1. The fourth-order valence-corrected chi connectivity index (χ4v) is 3.04. The van der Waals surface area contributed by atoms with E-state index in [4.69, 9.17) is 4.74 Å². The molecule has 1 N–H and O–H groups in total. The van der Waals surface area contributed by atoms with Crippen molar-refractivity contribution in [3.63, 3.8) is 0 Å². The van der Waals surface area contributed by atoms with E-state index in [0.29, 0.717) is 18.6 Å². The minimum atomic E-state index is -0.150. The van der Waals surface area contributed by atoms with E-state index >= 15 is 0 Å². The molecule has 1 fully saturated rings. The summed E-state index contributed by atoms with van der Waals surface area (Å²) in [5.41, 5.74) is 0. The van der Waals surface area contributed by atoms with Crippen LogP contribution in [-0.4, -0.2) is 49.2 Å². The lowest BCUT2D eigenvalue weighted by Crippen LogP contribution is -2.43. The van der Waals surface area contributed by atoms with Crippen LogP contribution in [0.1, 0.15) is 53.4 Å². The highest BCUT2D eigenvalue weighted by molar-refractivity contribution is 5.75. The van der Waals surface area contributed by atoms with Crippen molar-refractivity contribution in [3.05, 3.63) is 0 Å². The van der Waals surface area contributed by atoms with E-state index in [0.717, 1.165) is 25.9 Å². The van der Waals surface area contributed by atoms with Crippen LogP contribution >= 0.6 is 0 Å². The van der Waals surface area contributed by atoms with E-state index in [1.807, 2.05) is 6.92 Å². The average molecular weight is 284 g/mol. The third kappa shape index (κ3) is 5.41. The monoisotopic (exact) mass is 284 g/mol. The minimum Gasteiger partial charge on any atom is -0.465 e. The van der Waals surface area contributed by atoms with Gasteiger partial charge in [0.15, 0.2) is 0 Å². The molecule has 1 aliphatic rings. The van der Waals surface area contributed by atoms with Gasteiger partial charge in [0.1, 0.15) is 6.04 Å². The zero-order valence-electron chi connectivity index (χ0n) is 13.7. The topological polar surface area (TPSA) is 41.6 Å². The number of esters is 1. The van der Waals surface area contributed by atoms with Gasteiger partial charge in [-0.2, -0.15) is 0 Å². The summed E-state index contributed by atoms with van der Waals surface area (Å²) in [6.45, 7) is 12.1. The van der Waals surface area contributed by atoms with Crippen LogP contribution in [0.2, 0.25) is 0 Å². The zero-order chi connectivity index (χ0) is 15.0. The van der Waals surface area contributed by atoms with Crippen molar-refractivity contribution >= 4 is 5.97 Å². The smallest absolute Gasteiger partial charge is 0.323 e. The van der Waals surface area contributed by atoms with Gasteiger partial charge in [0.05, 0.1) is 6.61 Å². The number of ether oxygens (including phenoxy) is 1. The summed E-state index contributed by atoms with van der Waals surface area (Å²) in [7, 11) is 0. The standard InChI is InChI=1S/C16H32N2O2/c1-5-10-17-14(16(19)20-6-2)9-12-18-11-7-8-15(18)13(3)4/h13-15,17H,5-12H2,1-4H3. The molecule has 1 aliphatic heterocycles. The Kier molecular flexibility index (Phi) is 8.15. The van der Waals surface area contributed by atoms with Crippen LogP contribution in [0.15, 0.2) is 0 Å². The van der Waals surface area contributed by atoms with E-state index in [2.05, 4.69) is 31.0 Å². The number of likely N-dealkylation sites (tertiary alicyclic amines) is 1. The Hall–Kier alpha value is -0.610. The molecule has 2 atom stereocenters. The van der Waals surface area contributed by atoms with Crippen molar-refractivity contribution in [1.82, 2.24) is 10.2 Å². The van der Waals surface area contributed by atoms with Crippen LogP contribution in [0.25, 0.3) is 0 Å². The maximum absolute atomic E-state index is 12.0. The van der Waals surface area contributed by atoms with Gasteiger partial charge < -0.3 is 15.0 Å². The van der Waals surface area contributed by atoms with Gasteiger partial charge in [-0.3, -0.25) is 4.79 Å². The molecule has 1 rings (SSSR count). The molecule has 0 radical (unpaired) electrons. The van der Waals surface area contributed by atoms with Crippen molar-refractivity contribution in [3.8, 4) is 0 Å². The Morgan fingerprint density at radius 3 is 2.75 bits per heavy atom. The van der Waals surface area contributed by atoms with Gasteiger partial charge >= 0.3 is 5.97 Å². The third-order valence-electron chi connectivity index (χ3n) is 4.10. The molecule has 1 saturated heterocycles. The Bertz CT molecular complexity index is 282. The molecule has 0 aromatic carbocycles. The molecule has 4 nitrogen and oxygen atoms in total. The van der Waals surface area contributed by atoms with Crippen LogP contribution in [0, 0.1) is 5.92 Å². The van der Waals surface area contributed by atoms with Gasteiger partial charge in [-0.05, 0) is 51.6 Å². The van der Waals surface area contributed by atoms with E-state index in [1.165, 1.54) is 19.4 Å². The van der Waals surface area contributed by atoms with Crippen LogP contribution < -0.4 is 5.32 Å². The summed E-state index contributed by atoms with van der Waals surface area (Å²) in [6, 6.07) is 0.535. The zero-order valence-corrected chi connectivity index (χ0v) is 13.7. The molecule has 118 valence electrons. The fourth-order valence-electron chi connectivity index (χ4n) is 3.04. The van der Waals surface area contributed by atoms with Crippen molar-refractivity contribution in [1.29, 1.82) is 0 Å². The van der Waals surface area contributed by atoms with E-state index in [9.17, 15) is 4.79 Å². The Morgan fingerprint density at radius 1 is 1.40 bits per heavy atom. The van der Waals surface area contributed by atoms with Gasteiger partial charge in [0.25, 0.3) is 0 Å². The van der Waals surface area contributed by atoms with Gasteiger partial charge in [-0.15, -0.1) is 0 Å². The lowest BCUT2D eigenvalue weighted by Gasteiger charge is -2.29. The Balaban J connectivity index is 2.46. The number of hydrogen-bond acceptors (Lipinski definition) is 4. The largest absolute Gasteiger partial charge is 0.465 e. The summed E-state index contributed by atoms with van der Waals surface area (Å²) in [6.07, 6.45) is 4.47. The lowest BCUT2D eigenvalue weighted by atomic mass is 10.0. The van der Waals surface area contributed by atoms with Gasteiger partial charge in [0, 0.05) is 12.6 Å². The van der Waals surface area contributed by atoms with Gasteiger partial charge in [0.2, 0.25) is 0 Å². The molecule has 0 aliphatic carbocycles. The number of nitrogens with zero attached hydrogens (tertiary/aromatic N) is 1. The molecule has 0 saturated carbocycles. The second-order valence-corrected chi connectivity index (χ2v) is 6.04. The second-order valence-electron chi connectivity index (χ2n) is 6.04. The highest BCUT2D eigenvalue weighted by atomic mass is 16.5. The first-order valence-electron chi connectivity index (χ1n) is 8.24. The van der Waals surface area contributed by atoms with Gasteiger partial charge in [-0.25, -0.2) is 0 Å². The Labute approximate surface area is 124 Å². The number of rotatable bonds is 9. The summed E-state index contributed by atoms with van der Waals surface area (Å²) in [5.74, 6) is 0.600. The molecule has 0 aromatic rings.